The molecule has 0 amide bonds. The number of aliphatic hydroxyl groups is 1. The van der Waals surface area contributed by atoms with E-state index in [-0.39, 0.29) is 14.0 Å². The van der Waals surface area contributed by atoms with E-state index in [1.807, 2.05) is 25.0 Å². The molecule has 0 saturated carbocycles. The first-order valence-corrected chi connectivity index (χ1v) is 8.89. The molecule has 0 unspecified atom stereocenters. The van der Waals surface area contributed by atoms with Gasteiger partial charge in [-0.25, -0.2) is 0 Å². The van der Waals surface area contributed by atoms with Gasteiger partial charge in [0, 0.05) is 24.9 Å². The fraction of sp³-hybridized carbons (Fsp3) is 0.650. The molecule has 0 fully saturated rings. The molecule has 25 heavy (non-hydrogen) atoms. The molecule has 1 aromatic rings. The summed E-state index contributed by atoms with van der Waals surface area (Å²) in [7, 11) is 0. The predicted octanol–water partition coefficient (Wildman–Crippen LogP) is 3.93. The molecule has 0 aromatic heterocycles. The van der Waals surface area contributed by atoms with Crippen LogP contribution in [0.3, 0.4) is 0 Å². The molecule has 146 valence electrons. The first-order valence-electron chi connectivity index (χ1n) is 8.89. The Balaban J connectivity index is 0. The third kappa shape index (κ3) is 13.4. The summed E-state index contributed by atoms with van der Waals surface area (Å²) in [6.45, 7) is 6.74. The maximum absolute atomic E-state index is 8.74. The van der Waals surface area contributed by atoms with Crippen molar-refractivity contribution in [1.29, 1.82) is 0 Å². The minimum Gasteiger partial charge on any atom is -0.494 e. The zero-order valence-electron chi connectivity index (χ0n) is 15.1. The summed E-state index contributed by atoms with van der Waals surface area (Å²) in [5.74, 6) is 0.852. The SMILES string of the molecule is C.C=O.CCCCCCCCOc1ccc(CNCCCO)c(N)c1. The van der Waals surface area contributed by atoms with E-state index in [2.05, 4.69) is 12.2 Å². The molecule has 0 spiro atoms. The molecule has 0 atom stereocenters. The highest BCUT2D eigenvalue weighted by Crippen LogP contribution is 2.20. The molecule has 0 bridgehead atoms. The van der Waals surface area contributed by atoms with Gasteiger partial charge in [-0.2, -0.15) is 0 Å². The Hall–Kier alpha value is -1.59. The van der Waals surface area contributed by atoms with Crippen LogP contribution in [0.4, 0.5) is 5.69 Å². The van der Waals surface area contributed by atoms with Gasteiger partial charge in [0.25, 0.3) is 0 Å². The standard InChI is InChI=1S/C18H32N2O2.CH2O.CH4/c1-2-3-4-5-6-7-13-22-17-10-9-16(18(19)14-17)15-20-11-8-12-21;1-2;/h9-10,14,20-21H,2-8,11-13,15,19H2,1H3;1H2;1H4. The third-order valence-corrected chi connectivity index (χ3v) is 3.71. The van der Waals surface area contributed by atoms with Crippen LogP contribution in [0.2, 0.25) is 0 Å². The molecular formula is C20H38N2O3. The first-order chi connectivity index (χ1) is 11.8. The van der Waals surface area contributed by atoms with Gasteiger partial charge in [0.2, 0.25) is 0 Å². The Morgan fingerprint density at radius 3 is 2.44 bits per heavy atom. The van der Waals surface area contributed by atoms with Crippen LogP contribution in [0.5, 0.6) is 5.75 Å². The lowest BCUT2D eigenvalue weighted by molar-refractivity contribution is -0.0979. The first kappa shape index (κ1) is 25.6. The number of rotatable bonds is 13. The van der Waals surface area contributed by atoms with Gasteiger partial charge in [-0.3, -0.25) is 0 Å². The van der Waals surface area contributed by atoms with Crippen LogP contribution in [-0.4, -0.2) is 31.7 Å². The number of nitrogens with two attached hydrogens (primary N) is 1. The van der Waals surface area contributed by atoms with E-state index in [0.29, 0.717) is 0 Å². The summed E-state index contributed by atoms with van der Waals surface area (Å²) in [4.78, 5) is 8.00. The van der Waals surface area contributed by atoms with E-state index in [1.165, 1.54) is 32.1 Å². The molecule has 0 aliphatic heterocycles. The zero-order chi connectivity index (χ0) is 18.0. The number of nitrogen functional groups attached to an aromatic ring is 1. The number of hydrogen-bond acceptors (Lipinski definition) is 5. The van der Waals surface area contributed by atoms with E-state index in [4.69, 9.17) is 20.4 Å². The van der Waals surface area contributed by atoms with Crippen molar-refractivity contribution >= 4 is 12.5 Å². The monoisotopic (exact) mass is 354 g/mol. The van der Waals surface area contributed by atoms with Crippen molar-refractivity contribution in [3.63, 3.8) is 0 Å². The predicted molar refractivity (Wildman–Crippen MR) is 107 cm³/mol. The van der Waals surface area contributed by atoms with Gasteiger partial charge in [-0.1, -0.05) is 52.5 Å². The van der Waals surface area contributed by atoms with Crippen LogP contribution in [0.25, 0.3) is 0 Å². The lowest BCUT2D eigenvalue weighted by Gasteiger charge is -2.11. The number of carbonyl (C=O) groups is 1. The molecule has 5 heteroatoms. The fourth-order valence-electron chi connectivity index (χ4n) is 2.32. The van der Waals surface area contributed by atoms with Crippen LogP contribution in [0, 0.1) is 0 Å². The molecule has 1 aromatic carbocycles. The van der Waals surface area contributed by atoms with Crippen molar-refractivity contribution in [3.05, 3.63) is 23.8 Å². The summed E-state index contributed by atoms with van der Waals surface area (Å²) in [6, 6.07) is 5.90. The normalized spacial score (nSPS) is 9.68. The lowest BCUT2D eigenvalue weighted by atomic mass is 10.1. The smallest absolute Gasteiger partial charge is 0.121 e. The quantitative estimate of drug-likeness (QED) is 0.369. The molecule has 0 aliphatic rings. The number of carbonyl (C=O) groups excluding carboxylic acids is 1. The molecule has 0 saturated heterocycles. The van der Waals surface area contributed by atoms with Gasteiger partial charge in [0.1, 0.15) is 12.5 Å². The van der Waals surface area contributed by atoms with Crippen LogP contribution < -0.4 is 15.8 Å². The molecular weight excluding hydrogens is 316 g/mol. The van der Waals surface area contributed by atoms with Crippen molar-refractivity contribution in [1.82, 2.24) is 5.32 Å². The average Bonchev–Trinajstić information content (AvgIpc) is 2.61. The lowest BCUT2D eigenvalue weighted by Crippen LogP contribution is -2.16. The number of anilines is 1. The number of nitrogens with one attached hydrogen (secondary N) is 1. The highest BCUT2D eigenvalue weighted by molar-refractivity contribution is 5.51. The maximum Gasteiger partial charge on any atom is 0.121 e. The fourth-order valence-corrected chi connectivity index (χ4v) is 2.32. The van der Waals surface area contributed by atoms with E-state index in [1.54, 1.807) is 0 Å². The number of unbranched alkanes of at least 4 members (excludes halogenated alkanes) is 5. The minimum absolute atomic E-state index is 0. The third-order valence-electron chi connectivity index (χ3n) is 3.71. The van der Waals surface area contributed by atoms with E-state index in [9.17, 15) is 0 Å². The van der Waals surface area contributed by atoms with E-state index < -0.39 is 0 Å². The second-order valence-electron chi connectivity index (χ2n) is 5.73. The second-order valence-corrected chi connectivity index (χ2v) is 5.73. The average molecular weight is 355 g/mol. The highest BCUT2D eigenvalue weighted by Gasteiger charge is 2.02. The van der Waals surface area contributed by atoms with Crippen LogP contribution >= 0.6 is 0 Å². The molecule has 5 nitrogen and oxygen atoms in total. The Morgan fingerprint density at radius 2 is 1.80 bits per heavy atom. The molecule has 4 N–H and O–H groups in total. The Kier molecular flexibility index (Phi) is 19.2. The molecule has 0 aliphatic carbocycles. The number of ether oxygens (including phenoxy) is 1. The number of aliphatic hydroxyl groups excluding tert-OH is 1. The van der Waals surface area contributed by atoms with Gasteiger partial charge in [0.05, 0.1) is 6.61 Å². The number of benzene rings is 1. The van der Waals surface area contributed by atoms with Gasteiger partial charge >= 0.3 is 0 Å². The second kappa shape index (κ2) is 18.7. The summed E-state index contributed by atoms with van der Waals surface area (Å²) in [6.07, 6.45) is 8.37. The van der Waals surface area contributed by atoms with Gasteiger partial charge < -0.3 is 25.7 Å². The molecule has 0 heterocycles. The van der Waals surface area contributed by atoms with Crippen molar-refractivity contribution in [2.75, 3.05) is 25.5 Å². The zero-order valence-corrected chi connectivity index (χ0v) is 15.1. The largest absolute Gasteiger partial charge is 0.494 e. The van der Waals surface area contributed by atoms with Crippen molar-refractivity contribution in [2.45, 2.75) is 65.8 Å². The van der Waals surface area contributed by atoms with E-state index in [0.717, 1.165) is 49.5 Å². The minimum atomic E-state index is 0. The van der Waals surface area contributed by atoms with Crippen molar-refractivity contribution in [2.24, 2.45) is 0 Å². The summed E-state index contributed by atoms with van der Waals surface area (Å²) < 4.78 is 5.76. The van der Waals surface area contributed by atoms with Crippen LogP contribution in [0.15, 0.2) is 18.2 Å². The maximum atomic E-state index is 8.74. The van der Waals surface area contributed by atoms with Crippen molar-refractivity contribution < 1.29 is 14.6 Å². The summed E-state index contributed by atoms with van der Waals surface area (Å²) in [5.41, 5.74) is 7.89. The van der Waals surface area contributed by atoms with E-state index >= 15 is 0 Å². The molecule has 0 radical (unpaired) electrons. The summed E-state index contributed by atoms with van der Waals surface area (Å²) in [5, 5.41) is 12.0. The van der Waals surface area contributed by atoms with Gasteiger partial charge in [-0.15, -0.1) is 0 Å². The topological polar surface area (TPSA) is 84.6 Å². The number of hydrogen-bond donors (Lipinski definition) is 3. The van der Waals surface area contributed by atoms with Crippen LogP contribution in [-0.2, 0) is 11.3 Å². The van der Waals surface area contributed by atoms with Crippen LogP contribution in [0.1, 0.15) is 64.9 Å². The van der Waals surface area contributed by atoms with Gasteiger partial charge in [0.15, 0.2) is 0 Å². The Morgan fingerprint density at radius 1 is 1.12 bits per heavy atom. The Bertz CT molecular complexity index is 414. The van der Waals surface area contributed by atoms with Crippen molar-refractivity contribution in [3.8, 4) is 5.75 Å². The highest BCUT2D eigenvalue weighted by atomic mass is 16.5. The summed E-state index contributed by atoms with van der Waals surface area (Å²) >= 11 is 0. The van der Waals surface area contributed by atoms with Gasteiger partial charge in [-0.05, 0) is 31.0 Å². The Labute approximate surface area is 154 Å². The molecule has 1 rings (SSSR count).